The van der Waals surface area contributed by atoms with Crippen LogP contribution in [0.2, 0.25) is 0 Å². The molecular formula is C46H27N3. The zero-order valence-corrected chi connectivity index (χ0v) is 26.4. The van der Waals surface area contributed by atoms with Gasteiger partial charge in [0.25, 0.3) is 0 Å². The maximum atomic E-state index is 5.23. The maximum absolute atomic E-state index is 5.23. The highest BCUT2D eigenvalue weighted by Crippen LogP contribution is 2.47. The van der Waals surface area contributed by atoms with Crippen molar-refractivity contribution in [2.75, 3.05) is 0 Å². The molecule has 0 radical (unpaired) electrons. The van der Waals surface area contributed by atoms with E-state index in [1.54, 1.807) is 0 Å². The van der Waals surface area contributed by atoms with Gasteiger partial charge in [-0.3, -0.25) is 0 Å². The third-order valence-electron chi connectivity index (χ3n) is 10.3. The lowest BCUT2D eigenvalue weighted by Crippen LogP contribution is -1.95. The Labute approximate surface area is 281 Å². The Balaban J connectivity index is 1.26. The molecule has 0 aliphatic heterocycles. The molecule has 0 spiro atoms. The van der Waals surface area contributed by atoms with E-state index in [0.29, 0.717) is 0 Å². The lowest BCUT2D eigenvalue weighted by atomic mass is 9.91. The number of aromatic nitrogens is 3. The van der Waals surface area contributed by atoms with Crippen LogP contribution in [0.1, 0.15) is 0 Å². The molecule has 0 N–H and O–H groups in total. The highest BCUT2D eigenvalue weighted by Gasteiger charge is 2.22. The van der Waals surface area contributed by atoms with Gasteiger partial charge in [0, 0.05) is 38.4 Å². The van der Waals surface area contributed by atoms with Crippen LogP contribution in [0.25, 0.3) is 104 Å². The first-order valence-corrected chi connectivity index (χ1v) is 16.8. The van der Waals surface area contributed by atoms with Crippen molar-refractivity contribution in [2.45, 2.75) is 0 Å². The topological polar surface area (TPSA) is 30.7 Å². The Morgan fingerprint density at radius 1 is 0.388 bits per heavy atom. The number of para-hydroxylation sites is 1. The smallest absolute Gasteiger partial charge is 0.160 e. The van der Waals surface area contributed by atoms with Gasteiger partial charge in [0.15, 0.2) is 5.82 Å². The molecule has 0 bridgehead atoms. The summed E-state index contributed by atoms with van der Waals surface area (Å²) in [7, 11) is 0. The van der Waals surface area contributed by atoms with Gasteiger partial charge in [-0.15, -0.1) is 0 Å². The highest BCUT2D eigenvalue weighted by molar-refractivity contribution is 6.38. The summed E-state index contributed by atoms with van der Waals surface area (Å²) < 4.78 is 2.48. The second kappa shape index (κ2) is 9.96. The first kappa shape index (κ1) is 26.5. The average Bonchev–Trinajstić information content (AvgIpc) is 3.53. The van der Waals surface area contributed by atoms with Gasteiger partial charge in [0.05, 0.1) is 22.2 Å². The SMILES string of the molecule is c1ccc(-c2nc(-c3ccc4c(c3)c3cc5ccccc5c5c3c3c4cccc3n5-c3ccc4ccccc4c3)nc3ccccc23)cc1. The third kappa shape index (κ3) is 3.78. The van der Waals surface area contributed by atoms with Crippen molar-refractivity contribution in [2.24, 2.45) is 0 Å². The Bertz CT molecular complexity index is 3100. The van der Waals surface area contributed by atoms with E-state index in [1.807, 2.05) is 6.07 Å². The Morgan fingerprint density at radius 2 is 1.14 bits per heavy atom. The van der Waals surface area contributed by atoms with Crippen LogP contribution < -0.4 is 0 Å². The van der Waals surface area contributed by atoms with Crippen molar-refractivity contribution in [3.8, 4) is 28.3 Å². The molecular weight excluding hydrogens is 595 g/mol. The monoisotopic (exact) mass is 621 g/mol. The molecule has 11 aromatic rings. The lowest BCUT2D eigenvalue weighted by molar-refractivity contribution is 1.19. The van der Waals surface area contributed by atoms with Crippen LogP contribution >= 0.6 is 0 Å². The van der Waals surface area contributed by atoms with E-state index >= 15 is 0 Å². The summed E-state index contributed by atoms with van der Waals surface area (Å²) in [5, 5.41) is 13.6. The van der Waals surface area contributed by atoms with Crippen molar-refractivity contribution in [3.05, 3.63) is 164 Å². The van der Waals surface area contributed by atoms with Gasteiger partial charge in [0.1, 0.15) is 0 Å². The van der Waals surface area contributed by atoms with E-state index < -0.39 is 0 Å². The molecule has 2 heterocycles. The van der Waals surface area contributed by atoms with Gasteiger partial charge >= 0.3 is 0 Å². The van der Waals surface area contributed by atoms with Crippen LogP contribution in [0.4, 0.5) is 0 Å². The minimum atomic E-state index is 0.732. The van der Waals surface area contributed by atoms with Crippen LogP contribution in [0.5, 0.6) is 0 Å². The number of rotatable bonds is 3. The molecule has 11 rings (SSSR count). The van der Waals surface area contributed by atoms with E-state index in [0.717, 1.165) is 33.5 Å². The number of nitrogens with zero attached hydrogens (tertiary/aromatic N) is 3. The summed E-state index contributed by atoms with van der Waals surface area (Å²) in [6.45, 7) is 0. The quantitative estimate of drug-likeness (QED) is 0.145. The van der Waals surface area contributed by atoms with E-state index in [1.165, 1.54) is 70.6 Å². The van der Waals surface area contributed by atoms with Crippen LogP contribution in [0, 0.1) is 0 Å². The molecule has 226 valence electrons. The molecule has 0 atom stereocenters. The Morgan fingerprint density at radius 3 is 2.04 bits per heavy atom. The number of hydrogen-bond donors (Lipinski definition) is 0. The standard InChI is InChI=1S/C46H27N3/c1-2-12-29(13-3-1)44-37-17-8-9-19-40(37)47-46(48-44)32-22-24-35-36-18-10-20-41-42(36)43-39(38(35)27-32)26-31-15-6-7-16-34(31)45(43)49(41)33-23-21-28-11-4-5-14-30(28)25-33/h1-27H. The highest BCUT2D eigenvalue weighted by atomic mass is 15.0. The maximum Gasteiger partial charge on any atom is 0.160 e. The van der Waals surface area contributed by atoms with Crippen molar-refractivity contribution in [1.29, 1.82) is 0 Å². The summed E-state index contributed by atoms with van der Waals surface area (Å²) in [6.07, 6.45) is 0. The fourth-order valence-corrected chi connectivity index (χ4v) is 8.11. The van der Waals surface area contributed by atoms with Gasteiger partial charge in [-0.2, -0.15) is 0 Å². The molecule has 0 saturated heterocycles. The number of hydrogen-bond acceptors (Lipinski definition) is 2. The molecule has 3 nitrogen and oxygen atoms in total. The van der Waals surface area contributed by atoms with Crippen LogP contribution in [-0.4, -0.2) is 14.5 Å². The fourth-order valence-electron chi connectivity index (χ4n) is 8.11. The fraction of sp³-hybridized carbons (Fsp3) is 0. The van der Waals surface area contributed by atoms with Gasteiger partial charge < -0.3 is 4.57 Å². The Kier molecular flexibility index (Phi) is 5.38. The molecule has 49 heavy (non-hydrogen) atoms. The summed E-state index contributed by atoms with van der Waals surface area (Å²) in [5.41, 5.74) is 7.62. The average molecular weight is 622 g/mol. The predicted molar refractivity (Wildman–Crippen MR) is 206 cm³/mol. The number of benzene rings is 9. The van der Waals surface area contributed by atoms with Crippen LogP contribution in [-0.2, 0) is 0 Å². The first-order valence-electron chi connectivity index (χ1n) is 16.8. The minimum absolute atomic E-state index is 0.732. The van der Waals surface area contributed by atoms with Gasteiger partial charge in [-0.1, -0.05) is 127 Å². The summed E-state index contributed by atoms with van der Waals surface area (Å²) in [6, 6.07) is 58.9. The summed E-state index contributed by atoms with van der Waals surface area (Å²) in [4.78, 5) is 10.3. The van der Waals surface area contributed by atoms with E-state index in [-0.39, 0.29) is 0 Å². The molecule has 0 aliphatic carbocycles. The van der Waals surface area contributed by atoms with Crippen molar-refractivity contribution in [3.63, 3.8) is 0 Å². The lowest BCUT2D eigenvalue weighted by Gasteiger charge is -2.13. The molecule has 0 saturated carbocycles. The molecule has 3 heteroatoms. The molecule has 2 aromatic heterocycles. The molecule has 0 unspecified atom stereocenters. The summed E-state index contributed by atoms with van der Waals surface area (Å²) in [5.74, 6) is 0.732. The van der Waals surface area contributed by atoms with Crippen molar-refractivity contribution < 1.29 is 0 Å². The first-order chi connectivity index (χ1) is 24.3. The molecule has 9 aromatic carbocycles. The second-order valence-corrected chi connectivity index (χ2v) is 13.0. The molecule has 0 fully saturated rings. The van der Waals surface area contributed by atoms with Crippen LogP contribution in [0.3, 0.4) is 0 Å². The number of fused-ring (bicyclic) bond motifs is 7. The van der Waals surface area contributed by atoms with Crippen molar-refractivity contribution >= 4 is 75.8 Å². The predicted octanol–water partition coefficient (Wildman–Crippen LogP) is 12.1. The molecule has 0 aliphatic rings. The van der Waals surface area contributed by atoms with E-state index in [9.17, 15) is 0 Å². The van der Waals surface area contributed by atoms with E-state index in [2.05, 4.69) is 162 Å². The third-order valence-corrected chi connectivity index (χ3v) is 10.3. The van der Waals surface area contributed by atoms with Crippen molar-refractivity contribution in [1.82, 2.24) is 14.5 Å². The van der Waals surface area contributed by atoms with E-state index in [4.69, 9.17) is 9.97 Å². The van der Waals surface area contributed by atoms with Gasteiger partial charge in [-0.25, -0.2) is 9.97 Å². The minimum Gasteiger partial charge on any atom is -0.309 e. The van der Waals surface area contributed by atoms with Gasteiger partial charge in [0.2, 0.25) is 0 Å². The normalized spacial score (nSPS) is 12.1. The Hall–Kier alpha value is -6.58. The largest absolute Gasteiger partial charge is 0.309 e. The molecule has 0 amide bonds. The van der Waals surface area contributed by atoms with Gasteiger partial charge in [-0.05, 0) is 74.1 Å². The summed E-state index contributed by atoms with van der Waals surface area (Å²) >= 11 is 0. The zero-order chi connectivity index (χ0) is 32.1. The van der Waals surface area contributed by atoms with Crippen LogP contribution in [0.15, 0.2) is 164 Å². The zero-order valence-electron chi connectivity index (χ0n) is 26.4. The second-order valence-electron chi connectivity index (χ2n) is 13.0.